The molecule has 0 fully saturated rings. The summed E-state index contributed by atoms with van der Waals surface area (Å²) in [5.41, 5.74) is 0. The molecule has 1 unspecified atom stereocenters. The van der Waals surface area contributed by atoms with Gasteiger partial charge in [0, 0.05) is 13.7 Å². The maximum Gasteiger partial charge on any atom is 0.0900 e. The molecule has 0 aromatic rings. The van der Waals surface area contributed by atoms with Crippen LogP contribution < -0.4 is 0 Å². The molecule has 0 amide bonds. The first-order valence-corrected chi connectivity index (χ1v) is 6.79. The maximum atomic E-state index is 9.67. The normalized spacial score (nSPS) is 13.6. The molecular formula is C13H30N2O2. The van der Waals surface area contributed by atoms with Crippen LogP contribution in [-0.4, -0.2) is 74.0 Å². The van der Waals surface area contributed by atoms with Crippen molar-refractivity contribution in [1.82, 2.24) is 9.80 Å². The summed E-state index contributed by atoms with van der Waals surface area (Å²) in [6.07, 6.45) is 0.795. The molecule has 0 aliphatic rings. The number of methoxy groups -OCH3 is 1. The Morgan fingerprint density at radius 2 is 1.53 bits per heavy atom. The van der Waals surface area contributed by atoms with Crippen molar-refractivity contribution < 1.29 is 9.84 Å². The second-order valence-corrected chi connectivity index (χ2v) is 4.38. The van der Waals surface area contributed by atoms with Crippen LogP contribution in [0.2, 0.25) is 0 Å². The van der Waals surface area contributed by atoms with Crippen LogP contribution in [0.4, 0.5) is 0 Å². The van der Waals surface area contributed by atoms with E-state index in [1.807, 2.05) is 0 Å². The van der Waals surface area contributed by atoms with Gasteiger partial charge in [-0.05, 0) is 39.1 Å². The Morgan fingerprint density at radius 1 is 1.00 bits per heavy atom. The lowest BCUT2D eigenvalue weighted by Crippen LogP contribution is -2.36. The van der Waals surface area contributed by atoms with Crippen LogP contribution in [0.25, 0.3) is 0 Å². The van der Waals surface area contributed by atoms with Crippen molar-refractivity contribution in [3.8, 4) is 0 Å². The fourth-order valence-corrected chi connectivity index (χ4v) is 1.98. The lowest BCUT2D eigenvalue weighted by Gasteiger charge is -2.25. The summed E-state index contributed by atoms with van der Waals surface area (Å²) >= 11 is 0. The molecule has 0 aliphatic heterocycles. The molecule has 0 bridgehead atoms. The maximum absolute atomic E-state index is 9.67. The predicted molar refractivity (Wildman–Crippen MR) is 72.4 cm³/mol. The zero-order valence-electron chi connectivity index (χ0n) is 12.0. The van der Waals surface area contributed by atoms with Gasteiger partial charge in [-0.25, -0.2) is 0 Å². The molecule has 0 saturated carbocycles. The minimum atomic E-state index is -0.367. The number of aliphatic hydroxyl groups is 1. The average Bonchev–Trinajstić information content (AvgIpc) is 2.33. The average molecular weight is 246 g/mol. The summed E-state index contributed by atoms with van der Waals surface area (Å²) in [5.74, 6) is 0. The third-order valence-electron chi connectivity index (χ3n) is 3.12. The quantitative estimate of drug-likeness (QED) is 0.591. The largest absolute Gasteiger partial charge is 0.389 e. The van der Waals surface area contributed by atoms with Gasteiger partial charge in [-0.2, -0.15) is 0 Å². The van der Waals surface area contributed by atoms with Gasteiger partial charge in [0.15, 0.2) is 0 Å². The first-order valence-electron chi connectivity index (χ1n) is 6.79. The molecule has 4 heteroatoms. The molecule has 1 N–H and O–H groups in total. The van der Waals surface area contributed by atoms with Gasteiger partial charge in [-0.15, -0.1) is 0 Å². The van der Waals surface area contributed by atoms with Gasteiger partial charge in [-0.1, -0.05) is 20.8 Å². The van der Waals surface area contributed by atoms with Gasteiger partial charge in [0.1, 0.15) is 0 Å². The molecule has 0 aliphatic carbocycles. The SMILES string of the molecule is CCN(CC)CCCN(CC)CC(O)COC. The monoisotopic (exact) mass is 246 g/mol. The zero-order chi connectivity index (χ0) is 13.1. The van der Waals surface area contributed by atoms with Gasteiger partial charge in [0.25, 0.3) is 0 Å². The van der Waals surface area contributed by atoms with Gasteiger partial charge in [-0.3, -0.25) is 0 Å². The van der Waals surface area contributed by atoms with E-state index >= 15 is 0 Å². The van der Waals surface area contributed by atoms with E-state index in [0.717, 1.165) is 39.1 Å². The van der Waals surface area contributed by atoms with E-state index in [-0.39, 0.29) is 6.10 Å². The van der Waals surface area contributed by atoms with Crippen LogP contribution in [-0.2, 0) is 4.74 Å². The highest BCUT2D eigenvalue weighted by molar-refractivity contribution is 4.64. The predicted octanol–water partition coefficient (Wildman–Crippen LogP) is 1.05. The van der Waals surface area contributed by atoms with E-state index in [1.54, 1.807) is 7.11 Å². The van der Waals surface area contributed by atoms with Crippen LogP contribution in [0.15, 0.2) is 0 Å². The van der Waals surface area contributed by atoms with E-state index in [9.17, 15) is 5.11 Å². The fraction of sp³-hybridized carbons (Fsp3) is 1.00. The number of aliphatic hydroxyl groups excluding tert-OH is 1. The molecule has 0 saturated heterocycles. The highest BCUT2D eigenvalue weighted by Gasteiger charge is 2.10. The Kier molecular flexibility index (Phi) is 10.9. The van der Waals surface area contributed by atoms with E-state index in [0.29, 0.717) is 13.2 Å². The topological polar surface area (TPSA) is 35.9 Å². The fourth-order valence-electron chi connectivity index (χ4n) is 1.98. The number of likely N-dealkylation sites (N-methyl/N-ethyl adjacent to an activating group) is 1. The zero-order valence-corrected chi connectivity index (χ0v) is 12.0. The molecule has 0 radical (unpaired) electrons. The Labute approximate surface area is 107 Å². The van der Waals surface area contributed by atoms with Crippen LogP contribution in [0, 0.1) is 0 Å². The van der Waals surface area contributed by atoms with Crippen molar-refractivity contribution in [2.45, 2.75) is 33.3 Å². The van der Waals surface area contributed by atoms with Gasteiger partial charge in [0.2, 0.25) is 0 Å². The Balaban J connectivity index is 3.73. The Morgan fingerprint density at radius 3 is 2.00 bits per heavy atom. The number of rotatable bonds is 11. The van der Waals surface area contributed by atoms with Crippen molar-refractivity contribution in [2.75, 3.05) is 53.0 Å². The lowest BCUT2D eigenvalue weighted by atomic mass is 10.3. The smallest absolute Gasteiger partial charge is 0.0900 e. The highest BCUT2D eigenvalue weighted by atomic mass is 16.5. The summed E-state index contributed by atoms with van der Waals surface area (Å²) in [4.78, 5) is 4.71. The van der Waals surface area contributed by atoms with Gasteiger partial charge >= 0.3 is 0 Å². The first kappa shape index (κ1) is 16.8. The van der Waals surface area contributed by atoms with Crippen molar-refractivity contribution >= 4 is 0 Å². The number of hydrogen-bond acceptors (Lipinski definition) is 4. The minimum Gasteiger partial charge on any atom is -0.389 e. The number of nitrogens with zero attached hydrogens (tertiary/aromatic N) is 2. The molecule has 0 heterocycles. The standard InChI is InChI=1S/C13H30N2O2/c1-5-14(6-2)9-8-10-15(7-3)11-13(16)12-17-4/h13,16H,5-12H2,1-4H3. The molecule has 4 nitrogen and oxygen atoms in total. The van der Waals surface area contributed by atoms with E-state index in [1.165, 1.54) is 0 Å². The third kappa shape index (κ3) is 8.55. The van der Waals surface area contributed by atoms with Gasteiger partial charge in [0.05, 0.1) is 12.7 Å². The number of ether oxygens (including phenoxy) is 1. The molecule has 1 atom stereocenters. The van der Waals surface area contributed by atoms with Crippen LogP contribution in [0.3, 0.4) is 0 Å². The minimum absolute atomic E-state index is 0.367. The van der Waals surface area contributed by atoms with Crippen LogP contribution >= 0.6 is 0 Å². The highest BCUT2D eigenvalue weighted by Crippen LogP contribution is 1.98. The van der Waals surface area contributed by atoms with Crippen molar-refractivity contribution in [1.29, 1.82) is 0 Å². The van der Waals surface area contributed by atoms with E-state index in [2.05, 4.69) is 30.6 Å². The first-order chi connectivity index (χ1) is 8.17. The summed E-state index contributed by atoms with van der Waals surface area (Å²) in [7, 11) is 1.62. The molecule has 0 rings (SSSR count). The Hall–Kier alpha value is -0.160. The van der Waals surface area contributed by atoms with E-state index < -0.39 is 0 Å². The molecular weight excluding hydrogens is 216 g/mol. The summed E-state index contributed by atoms with van der Waals surface area (Å²) in [5, 5.41) is 9.67. The molecule has 0 aromatic carbocycles. The van der Waals surface area contributed by atoms with Crippen molar-refractivity contribution in [3.05, 3.63) is 0 Å². The molecule has 104 valence electrons. The lowest BCUT2D eigenvalue weighted by molar-refractivity contribution is 0.0380. The second kappa shape index (κ2) is 11.0. The van der Waals surface area contributed by atoms with Gasteiger partial charge < -0.3 is 19.6 Å². The third-order valence-corrected chi connectivity index (χ3v) is 3.12. The van der Waals surface area contributed by atoms with Crippen molar-refractivity contribution in [3.63, 3.8) is 0 Å². The second-order valence-electron chi connectivity index (χ2n) is 4.38. The van der Waals surface area contributed by atoms with Crippen LogP contribution in [0.5, 0.6) is 0 Å². The number of hydrogen-bond donors (Lipinski definition) is 1. The van der Waals surface area contributed by atoms with Crippen LogP contribution in [0.1, 0.15) is 27.2 Å². The molecule has 0 aromatic heterocycles. The van der Waals surface area contributed by atoms with E-state index in [4.69, 9.17) is 4.74 Å². The molecule has 0 spiro atoms. The summed E-state index contributed by atoms with van der Waals surface area (Å²) < 4.78 is 4.94. The summed E-state index contributed by atoms with van der Waals surface area (Å²) in [6.45, 7) is 13.1. The molecule has 17 heavy (non-hydrogen) atoms. The summed E-state index contributed by atoms with van der Waals surface area (Å²) in [6, 6.07) is 0. The van der Waals surface area contributed by atoms with Crippen molar-refractivity contribution in [2.24, 2.45) is 0 Å². The Bertz CT molecular complexity index is 163.